The molecule has 0 aromatic heterocycles. The fraction of sp³-hybridized carbons (Fsp3) is 0.462. The quantitative estimate of drug-likeness (QED) is 0.644. The van der Waals surface area contributed by atoms with E-state index in [-0.39, 0.29) is 23.0 Å². The third-order valence-corrected chi connectivity index (χ3v) is 3.09. The molecule has 4 N–H and O–H groups in total. The predicted molar refractivity (Wildman–Crippen MR) is 67.7 cm³/mol. The van der Waals surface area contributed by atoms with Crippen molar-refractivity contribution in [3.63, 3.8) is 0 Å². The Kier molecular flexibility index (Phi) is 4.04. The monoisotopic (exact) mass is 250 g/mol. The molecule has 2 rings (SSSR count). The lowest BCUT2D eigenvalue weighted by Crippen LogP contribution is -2.43. The summed E-state index contributed by atoms with van der Waals surface area (Å²) in [5.74, 6) is -0.513. The lowest BCUT2D eigenvalue weighted by Gasteiger charge is -2.23. The number of aromatic hydroxyl groups is 2. The summed E-state index contributed by atoms with van der Waals surface area (Å²) in [6.07, 6.45) is 3.43. The van der Waals surface area contributed by atoms with Crippen molar-refractivity contribution in [3.05, 3.63) is 23.8 Å². The smallest absolute Gasteiger partial charge is 0.251 e. The Morgan fingerprint density at radius 3 is 2.61 bits per heavy atom. The van der Waals surface area contributed by atoms with Crippen LogP contribution >= 0.6 is 0 Å². The third-order valence-electron chi connectivity index (χ3n) is 3.09. The molecule has 5 nitrogen and oxygen atoms in total. The molecule has 5 heteroatoms. The molecule has 0 bridgehead atoms. The lowest BCUT2D eigenvalue weighted by molar-refractivity contribution is 0.0947. The highest BCUT2D eigenvalue weighted by Crippen LogP contribution is 2.20. The third kappa shape index (κ3) is 3.37. The van der Waals surface area contributed by atoms with E-state index in [1.807, 2.05) is 0 Å². The molecular weight excluding hydrogens is 232 g/mol. The molecule has 1 fully saturated rings. The predicted octanol–water partition coefficient (Wildman–Crippen LogP) is 0.970. The summed E-state index contributed by atoms with van der Waals surface area (Å²) in [6.45, 7) is 1.56. The minimum absolute atomic E-state index is 0.115. The number of piperidine rings is 1. The second kappa shape index (κ2) is 5.73. The Hall–Kier alpha value is -1.75. The molecule has 1 aromatic rings. The average Bonchev–Trinajstić information content (AvgIpc) is 2.36. The number of phenols is 2. The number of hydrogen-bond donors (Lipinski definition) is 4. The van der Waals surface area contributed by atoms with Gasteiger partial charge >= 0.3 is 0 Å². The van der Waals surface area contributed by atoms with Crippen molar-refractivity contribution in [1.82, 2.24) is 10.6 Å². The Labute approximate surface area is 106 Å². The summed E-state index contributed by atoms with van der Waals surface area (Å²) in [5, 5.41) is 24.7. The topological polar surface area (TPSA) is 81.6 Å². The first kappa shape index (κ1) is 12.7. The molecule has 1 amide bonds. The van der Waals surface area contributed by atoms with Crippen molar-refractivity contribution in [2.24, 2.45) is 0 Å². The van der Waals surface area contributed by atoms with Crippen LogP contribution in [0.15, 0.2) is 18.2 Å². The zero-order chi connectivity index (χ0) is 13.0. The molecule has 1 aliphatic rings. The first-order chi connectivity index (χ1) is 8.65. The van der Waals surface area contributed by atoms with Gasteiger partial charge in [-0.25, -0.2) is 0 Å². The number of rotatable bonds is 3. The number of phenolic OH excluding ortho intramolecular Hbond substituents is 2. The van der Waals surface area contributed by atoms with Gasteiger partial charge in [0.1, 0.15) is 11.5 Å². The fourth-order valence-electron chi connectivity index (χ4n) is 2.14. The number of benzene rings is 1. The van der Waals surface area contributed by atoms with Gasteiger partial charge in [-0.3, -0.25) is 4.79 Å². The molecule has 0 saturated carbocycles. The molecule has 1 aromatic carbocycles. The summed E-state index contributed by atoms with van der Waals surface area (Å²) in [4.78, 5) is 11.8. The van der Waals surface area contributed by atoms with Gasteiger partial charge in [-0.2, -0.15) is 0 Å². The number of carbonyl (C=O) groups excluding carboxylic acids is 1. The van der Waals surface area contributed by atoms with Crippen LogP contribution in [0, 0.1) is 0 Å². The highest BCUT2D eigenvalue weighted by molar-refractivity contribution is 5.95. The first-order valence-corrected chi connectivity index (χ1v) is 6.20. The van der Waals surface area contributed by atoms with Crippen molar-refractivity contribution < 1.29 is 15.0 Å². The molecule has 0 aliphatic carbocycles. The molecule has 0 spiro atoms. The Balaban J connectivity index is 1.90. The Morgan fingerprint density at radius 2 is 2.00 bits per heavy atom. The van der Waals surface area contributed by atoms with Crippen LogP contribution in [0.25, 0.3) is 0 Å². The van der Waals surface area contributed by atoms with E-state index in [0.29, 0.717) is 12.6 Å². The molecule has 98 valence electrons. The van der Waals surface area contributed by atoms with Gasteiger partial charge in [0, 0.05) is 24.2 Å². The average molecular weight is 250 g/mol. The maximum absolute atomic E-state index is 11.8. The number of nitrogens with one attached hydrogen (secondary N) is 2. The van der Waals surface area contributed by atoms with Gasteiger partial charge < -0.3 is 20.8 Å². The van der Waals surface area contributed by atoms with Gasteiger partial charge in [0.2, 0.25) is 0 Å². The van der Waals surface area contributed by atoms with E-state index >= 15 is 0 Å². The van der Waals surface area contributed by atoms with Gasteiger partial charge in [-0.1, -0.05) is 6.42 Å². The Morgan fingerprint density at radius 1 is 1.28 bits per heavy atom. The summed E-state index contributed by atoms with van der Waals surface area (Å²) < 4.78 is 0. The maximum atomic E-state index is 11.8. The van der Waals surface area contributed by atoms with E-state index in [4.69, 9.17) is 0 Å². The highest BCUT2D eigenvalue weighted by atomic mass is 16.3. The summed E-state index contributed by atoms with van der Waals surface area (Å²) in [6, 6.07) is 4.18. The number of carbonyl (C=O) groups is 1. The van der Waals surface area contributed by atoms with Gasteiger partial charge in [-0.15, -0.1) is 0 Å². The van der Waals surface area contributed by atoms with Crippen molar-refractivity contribution in [1.29, 1.82) is 0 Å². The SMILES string of the molecule is O=C(NCC1CCCCN1)c1cc(O)cc(O)c1. The van der Waals surface area contributed by atoms with E-state index < -0.39 is 0 Å². The normalized spacial score (nSPS) is 19.4. The molecule has 1 heterocycles. The zero-order valence-electron chi connectivity index (χ0n) is 10.1. The lowest BCUT2D eigenvalue weighted by atomic mass is 10.0. The van der Waals surface area contributed by atoms with Gasteiger partial charge in [0.15, 0.2) is 0 Å². The Bertz CT molecular complexity index is 408. The van der Waals surface area contributed by atoms with Crippen LogP contribution in [0.1, 0.15) is 29.6 Å². The van der Waals surface area contributed by atoms with Crippen LogP contribution in [0.5, 0.6) is 11.5 Å². The minimum Gasteiger partial charge on any atom is -0.508 e. The molecule has 1 aliphatic heterocycles. The molecule has 1 unspecified atom stereocenters. The van der Waals surface area contributed by atoms with Crippen LogP contribution < -0.4 is 10.6 Å². The molecule has 1 saturated heterocycles. The summed E-state index contributed by atoms with van der Waals surface area (Å²) in [5.41, 5.74) is 0.267. The van der Waals surface area contributed by atoms with Gasteiger partial charge in [0.25, 0.3) is 5.91 Å². The van der Waals surface area contributed by atoms with Crippen LogP contribution in [0.3, 0.4) is 0 Å². The van der Waals surface area contributed by atoms with Crippen molar-refractivity contribution in [2.75, 3.05) is 13.1 Å². The zero-order valence-corrected chi connectivity index (χ0v) is 10.1. The number of hydrogen-bond acceptors (Lipinski definition) is 4. The second-order valence-electron chi connectivity index (χ2n) is 4.59. The van der Waals surface area contributed by atoms with E-state index in [2.05, 4.69) is 10.6 Å². The number of amides is 1. The van der Waals surface area contributed by atoms with Crippen LogP contribution in [0.2, 0.25) is 0 Å². The molecule has 1 atom stereocenters. The van der Waals surface area contributed by atoms with Crippen LogP contribution in [-0.2, 0) is 0 Å². The van der Waals surface area contributed by atoms with Crippen molar-refractivity contribution >= 4 is 5.91 Å². The standard InChI is InChI=1S/C13H18N2O3/c16-11-5-9(6-12(17)7-11)13(18)15-8-10-3-1-2-4-14-10/h5-7,10,14,16-17H,1-4,8H2,(H,15,18). The van der Waals surface area contributed by atoms with Gasteiger partial charge in [0.05, 0.1) is 0 Å². The van der Waals surface area contributed by atoms with E-state index in [0.717, 1.165) is 13.0 Å². The van der Waals surface area contributed by atoms with E-state index in [1.165, 1.54) is 31.0 Å². The van der Waals surface area contributed by atoms with Crippen LogP contribution in [0.4, 0.5) is 0 Å². The maximum Gasteiger partial charge on any atom is 0.251 e. The molecular formula is C13H18N2O3. The van der Waals surface area contributed by atoms with Crippen LogP contribution in [-0.4, -0.2) is 35.3 Å². The van der Waals surface area contributed by atoms with Gasteiger partial charge in [-0.05, 0) is 31.5 Å². The van der Waals surface area contributed by atoms with Crippen molar-refractivity contribution in [3.8, 4) is 11.5 Å². The summed E-state index contributed by atoms with van der Waals surface area (Å²) >= 11 is 0. The summed E-state index contributed by atoms with van der Waals surface area (Å²) in [7, 11) is 0. The van der Waals surface area contributed by atoms with Crippen molar-refractivity contribution in [2.45, 2.75) is 25.3 Å². The highest BCUT2D eigenvalue weighted by Gasteiger charge is 2.14. The molecule has 18 heavy (non-hydrogen) atoms. The molecule has 0 radical (unpaired) electrons. The van der Waals surface area contributed by atoms with E-state index in [1.54, 1.807) is 0 Å². The second-order valence-corrected chi connectivity index (χ2v) is 4.59. The first-order valence-electron chi connectivity index (χ1n) is 6.20. The minimum atomic E-state index is -0.284. The fourth-order valence-corrected chi connectivity index (χ4v) is 2.14. The largest absolute Gasteiger partial charge is 0.508 e. The van der Waals surface area contributed by atoms with E-state index in [9.17, 15) is 15.0 Å².